The summed E-state index contributed by atoms with van der Waals surface area (Å²) in [7, 11) is 0. The zero-order valence-electron chi connectivity index (χ0n) is 6.20. The van der Waals surface area contributed by atoms with Crippen LogP contribution in [-0.2, 0) is 6.18 Å². The maximum atomic E-state index is 12.0. The first-order valence-corrected chi connectivity index (χ1v) is 3.58. The largest absolute Gasteiger partial charge is 0.417 e. The van der Waals surface area contributed by atoms with Gasteiger partial charge in [0.2, 0.25) is 0 Å². The summed E-state index contributed by atoms with van der Waals surface area (Å²) in [5.41, 5.74) is -0.270. The summed E-state index contributed by atoms with van der Waals surface area (Å²) >= 11 is 4.71. The van der Waals surface area contributed by atoms with Crippen LogP contribution in [0.2, 0.25) is 0 Å². The predicted molar refractivity (Wildman–Crippen MR) is 41.4 cm³/mol. The van der Waals surface area contributed by atoms with Crippen molar-refractivity contribution in [1.82, 2.24) is 4.98 Å². The molecule has 0 spiro atoms. The molecule has 1 aromatic rings. The van der Waals surface area contributed by atoms with E-state index in [4.69, 9.17) is 12.2 Å². The Hall–Kier alpha value is -0.840. The van der Waals surface area contributed by atoms with E-state index in [0.29, 0.717) is 10.2 Å². The van der Waals surface area contributed by atoms with Gasteiger partial charge in [0, 0.05) is 6.20 Å². The van der Waals surface area contributed by atoms with Crippen molar-refractivity contribution in [3.05, 3.63) is 28.0 Å². The second kappa shape index (κ2) is 2.90. The van der Waals surface area contributed by atoms with Crippen LogP contribution in [0.3, 0.4) is 0 Å². The van der Waals surface area contributed by atoms with E-state index in [9.17, 15) is 13.2 Å². The fourth-order valence-electron chi connectivity index (χ4n) is 0.761. The van der Waals surface area contributed by atoms with Crippen LogP contribution in [0, 0.1) is 11.6 Å². The number of alkyl halides is 3. The first-order chi connectivity index (χ1) is 5.41. The molecule has 12 heavy (non-hydrogen) atoms. The molecule has 0 aliphatic carbocycles. The van der Waals surface area contributed by atoms with Gasteiger partial charge in [-0.1, -0.05) is 12.2 Å². The first kappa shape index (κ1) is 9.25. The van der Waals surface area contributed by atoms with Crippen LogP contribution < -0.4 is 0 Å². The van der Waals surface area contributed by atoms with E-state index in [-0.39, 0.29) is 0 Å². The van der Waals surface area contributed by atoms with Gasteiger partial charge in [0.25, 0.3) is 0 Å². The minimum Gasteiger partial charge on any atom is -0.352 e. The molecule has 0 aliphatic heterocycles. The summed E-state index contributed by atoms with van der Waals surface area (Å²) in [5, 5.41) is 0. The molecule has 66 valence electrons. The van der Waals surface area contributed by atoms with Crippen molar-refractivity contribution in [2.75, 3.05) is 0 Å². The number of halogens is 3. The zero-order chi connectivity index (χ0) is 9.35. The van der Waals surface area contributed by atoms with E-state index in [0.717, 1.165) is 12.3 Å². The lowest BCUT2D eigenvalue weighted by Crippen LogP contribution is -2.05. The van der Waals surface area contributed by atoms with Gasteiger partial charge in [-0.25, -0.2) is 0 Å². The number of aryl methyl sites for hydroxylation is 1. The Labute approximate surface area is 72.2 Å². The molecule has 0 fully saturated rings. The quantitative estimate of drug-likeness (QED) is 0.626. The van der Waals surface area contributed by atoms with Crippen LogP contribution in [0.15, 0.2) is 12.3 Å². The SMILES string of the molecule is Cc1cc(C(F)(F)F)c[nH]c1=S. The van der Waals surface area contributed by atoms with Gasteiger partial charge in [-0.2, -0.15) is 13.2 Å². The molecule has 0 amide bonds. The van der Waals surface area contributed by atoms with Crippen molar-refractivity contribution in [3.63, 3.8) is 0 Å². The molecule has 0 bridgehead atoms. The highest BCUT2D eigenvalue weighted by Gasteiger charge is 2.30. The monoisotopic (exact) mass is 193 g/mol. The third-order valence-corrected chi connectivity index (χ3v) is 1.86. The molecule has 5 heteroatoms. The van der Waals surface area contributed by atoms with Gasteiger partial charge in [0.15, 0.2) is 0 Å². The van der Waals surface area contributed by atoms with Gasteiger partial charge >= 0.3 is 6.18 Å². The Bertz CT molecular complexity index is 339. The second-order valence-corrected chi connectivity index (χ2v) is 2.81. The molecule has 0 radical (unpaired) electrons. The lowest BCUT2D eigenvalue weighted by atomic mass is 10.2. The number of nitrogens with one attached hydrogen (secondary N) is 1. The highest BCUT2D eigenvalue weighted by molar-refractivity contribution is 7.71. The van der Waals surface area contributed by atoms with Gasteiger partial charge in [0.05, 0.1) is 5.56 Å². The summed E-state index contributed by atoms with van der Waals surface area (Å²) in [5.74, 6) is 0. The van der Waals surface area contributed by atoms with Crippen molar-refractivity contribution in [3.8, 4) is 0 Å². The van der Waals surface area contributed by atoms with Crippen LogP contribution in [0.25, 0.3) is 0 Å². The standard InChI is InChI=1S/C7H6F3NS/c1-4-2-5(7(8,9)10)3-11-6(4)12/h2-3H,1H3,(H,11,12). The van der Waals surface area contributed by atoms with Crippen molar-refractivity contribution >= 4 is 12.2 Å². The van der Waals surface area contributed by atoms with Gasteiger partial charge in [-0.3, -0.25) is 0 Å². The summed E-state index contributed by atoms with van der Waals surface area (Å²) in [6, 6.07) is 1.03. The molecule has 1 N–H and O–H groups in total. The van der Waals surface area contributed by atoms with Gasteiger partial charge < -0.3 is 4.98 Å². The van der Waals surface area contributed by atoms with Crippen LogP contribution in [0.1, 0.15) is 11.1 Å². The van der Waals surface area contributed by atoms with Crippen LogP contribution >= 0.6 is 12.2 Å². The maximum Gasteiger partial charge on any atom is 0.417 e. The highest BCUT2D eigenvalue weighted by Crippen LogP contribution is 2.28. The number of rotatable bonds is 0. The first-order valence-electron chi connectivity index (χ1n) is 3.18. The Morgan fingerprint density at radius 3 is 2.42 bits per heavy atom. The summed E-state index contributed by atoms with van der Waals surface area (Å²) < 4.78 is 36.5. The zero-order valence-corrected chi connectivity index (χ0v) is 7.01. The number of hydrogen-bond acceptors (Lipinski definition) is 1. The normalized spacial score (nSPS) is 11.7. The number of hydrogen-bond donors (Lipinski definition) is 1. The molecule has 0 saturated heterocycles. The molecule has 0 aliphatic rings. The number of aromatic nitrogens is 1. The third kappa shape index (κ3) is 1.85. The molecular weight excluding hydrogens is 187 g/mol. The highest BCUT2D eigenvalue weighted by atomic mass is 32.1. The van der Waals surface area contributed by atoms with Crippen molar-refractivity contribution in [2.24, 2.45) is 0 Å². The third-order valence-electron chi connectivity index (χ3n) is 1.42. The minimum atomic E-state index is -4.30. The van der Waals surface area contributed by atoms with Crippen molar-refractivity contribution < 1.29 is 13.2 Å². The van der Waals surface area contributed by atoms with Crippen LogP contribution in [0.5, 0.6) is 0 Å². The number of aromatic amines is 1. The van der Waals surface area contributed by atoms with Crippen molar-refractivity contribution in [1.29, 1.82) is 0 Å². The summed E-state index contributed by atoms with van der Waals surface area (Å²) in [6.45, 7) is 1.54. The van der Waals surface area contributed by atoms with Gasteiger partial charge in [-0.15, -0.1) is 0 Å². The van der Waals surface area contributed by atoms with E-state index in [2.05, 4.69) is 4.98 Å². The lowest BCUT2D eigenvalue weighted by molar-refractivity contribution is -0.137. The Morgan fingerprint density at radius 1 is 1.42 bits per heavy atom. The van der Waals surface area contributed by atoms with E-state index >= 15 is 0 Å². The molecule has 1 rings (SSSR count). The molecule has 0 aromatic carbocycles. The fraction of sp³-hybridized carbons (Fsp3) is 0.286. The number of pyridine rings is 1. The van der Waals surface area contributed by atoms with Gasteiger partial charge in [0.1, 0.15) is 4.64 Å². The minimum absolute atomic E-state index is 0.336. The molecule has 1 aromatic heterocycles. The van der Waals surface area contributed by atoms with E-state index in [1.165, 1.54) is 6.92 Å². The summed E-state index contributed by atoms with van der Waals surface area (Å²) in [4.78, 5) is 2.37. The topological polar surface area (TPSA) is 15.8 Å². The van der Waals surface area contributed by atoms with Crippen molar-refractivity contribution in [2.45, 2.75) is 13.1 Å². The Morgan fingerprint density at radius 2 is 2.00 bits per heavy atom. The Kier molecular flexibility index (Phi) is 2.23. The van der Waals surface area contributed by atoms with Crippen LogP contribution in [-0.4, -0.2) is 4.98 Å². The molecule has 0 atom stereocenters. The molecule has 1 nitrogen and oxygen atoms in total. The van der Waals surface area contributed by atoms with E-state index in [1.54, 1.807) is 0 Å². The number of H-pyrrole nitrogens is 1. The lowest BCUT2D eigenvalue weighted by Gasteiger charge is -2.06. The molecular formula is C7H6F3NS. The fourth-order valence-corrected chi connectivity index (χ4v) is 0.879. The van der Waals surface area contributed by atoms with Crippen LogP contribution in [0.4, 0.5) is 13.2 Å². The predicted octanol–water partition coefficient (Wildman–Crippen LogP) is 3.07. The Balaban J connectivity index is 3.23. The van der Waals surface area contributed by atoms with Gasteiger partial charge in [-0.05, 0) is 18.6 Å². The van der Waals surface area contributed by atoms with E-state index < -0.39 is 11.7 Å². The maximum absolute atomic E-state index is 12.0. The molecule has 1 heterocycles. The smallest absolute Gasteiger partial charge is 0.352 e. The average molecular weight is 193 g/mol. The van der Waals surface area contributed by atoms with E-state index in [1.807, 2.05) is 0 Å². The summed E-state index contributed by atoms with van der Waals surface area (Å²) in [6.07, 6.45) is -3.43. The average Bonchev–Trinajstić information content (AvgIpc) is 1.92. The second-order valence-electron chi connectivity index (χ2n) is 2.40. The molecule has 0 saturated carbocycles. The molecule has 0 unspecified atom stereocenters.